The topological polar surface area (TPSA) is 48.0 Å². The fourth-order valence-corrected chi connectivity index (χ4v) is 14.3. The fraction of sp³-hybridized carbons (Fsp3) is 0.878. The molecule has 0 aromatic heterocycles. The van der Waals surface area contributed by atoms with E-state index in [-0.39, 0.29) is 29.1 Å². The molecule has 2 saturated heterocycles. The molecule has 1 spiro atoms. The number of rotatable bonds is 2. The van der Waals surface area contributed by atoms with Gasteiger partial charge in [-0.2, -0.15) is 0 Å². The number of carbonyl (C=O) groups excluding carboxylic acids is 1. The van der Waals surface area contributed by atoms with Crippen LogP contribution in [0.4, 0.5) is 0 Å². The van der Waals surface area contributed by atoms with Crippen LogP contribution in [0.2, 0.25) is 0 Å². The van der Waals surface area contributed by atoms with Crippen molar-refractivity contribution in [1.29, 1.82) is 0 Å². The summed E-state index contributed by atoms with van der Waals surface area (Å²) in [5.74, 6) is 3.13. The lowest BCUT2D eigenvalue weighted by molar-refractivity contribution is -0.362. The zero-order chi connectivity index (χ0) is 31.6. The third kappa shape index (κ3) is 4.00. The number of ether oxygens (including phenoxy) is 3. The van der Waals surface area contributed by atoms with Gasteiger partial charge in [-0.3, -0.25) is 4.90 Å². The minimum Gasteiger partial charge on any atom is -0.400 e. The van der Waals surface area contributed by atoms with E-state index in [1.165, 1.54) is 95.5 Å². The number of hydrogen-bond donors (Lipinski definition) is 0. The van der Waals surface area contributed by atoms with E-state index >= 15 is 0 Å². The molecule has 3 heterocycles. The molecule has 6 aliphatic carbocycles. The molecule has 5 saturated carbocycles. The van der Waals surface area contributed by atoms with E-state index in [0.717, 1.165) is 60.5 Å². The van der Waals surface area contributed by atoms with Crippen molar-refractivity contribution >= 4 is 5.97 Å². The second-order valence-electron chi connectivity index (χ2n) is 18.1. The molecule has 10 unspecified atom stereocenters. The van der Waals surface area contributed by atoms with Gasteiger partial charge < -0.3 is 14.2 Å². The first kappa shape index (κ1) is 30.9. The van der Waals surface area contributed by atoms with Gasteiger partial charge >= 0.3 is 11.9 Å². The number of carbonyl (C=O) groups is 1. The predicted octanol–water partition coefficient (Wildman–Crippen LogP) is 9.11. The number of esters is 1. The summed E-state index contributed by atoms with van der Waals surface area (Å²) in [6.45, 7) is 9.59. The zero-order valence-corrected chi connectivity index (χ0v) is 29.6. The third-order valence-corrected chi connectivity index (χ3v) is 16.3. The smallest absolute Gasteiger partial charge is 0.356 e. The Kier molecular flexibility index (Phi) is 7.32. The summed E-state index contributed by atoms with van der Waals surface area (Å²) in [4.78, 5) is 17.3. The van der Waals surface area contributed by atoms with Crippen LogP contribution in [0.3, 0.4) is 0 Å². The lowest BCUT2D eigenvalue weighted by Gasteiger charge is -2.54. The average molecular weight is 632 g/mol. The van der Waals surface area contributed by atoms with E-state index in [4.69, 9.17) is 14.2 Å². The van der Waals surface area contributed by atoms with Gasteiger partial charge in [0.25, 0.3) is 0 Å². The van der Waals surface area contributed by atoms with E-state index in [9.17, 15) is 4.79 Å². The van der Waals surface area contributed by atoms with Gasteiger partial charge in [-0.15, -0.1) is 0 Å². The predicted molar refractivity (Wildman–Crippen MR) is 180 cm³/mol. The SMILES string of the molecule is CCCC1=C2C3CCCCC3N(C)[C@@]2(C)C(C)(C)C2=C1C(=O)OC21OC2CCC3CCCCC3C2C2C(CCC3CCCCC32)O1. The first-order valence-electron chi connectivity index (χ1n) is 20.0. The van der Waals surface area contributed by atoms with Crippen LogP contribution in [0.25, 0.3) is 0 Å². The van der Waals surface area contributed by atoms with Crippen LogP contribution in [-0.2, 0) is 19.0 Å². The van der Waals surface area contributed by atoms with Gasteiger partial charge in [0.1, 0.15) is 0 Å². The van der Waals surface area contributed by atoms with Gasteiger partial charge in [0, 0.05) is 17.0 Å². The number of fused-ring (bicyclic) bond motifs is 11. The maximum Gasteiger partial charge on any atom is 0.356 e. The molecule has 5 nitrogen and oxygen atoms in total. The molecule has 11 atom stereocenters. The lowest BCUT2D eigenvalue weighted by atomic mass is 9.53. The van der Waals surface area contributed by atoms with Gasteiger partial charge in [-0.25, -0.2) is 4.79 Å². The lowest BCUT2D eigenvalue weighted by Crippen LogP contribution is -2.60. The van der Waals surface area contributed by atoms with E-state index < -0.39 is 5.97 Å². The van der Waals surface area contributed by atoms with E-state index in [1.54, 1.807) is 5.57 Å². The Bertz CT molecular complexity index is 1290. The number of hydrogen-bond acceptors (Lipinski definition) is 5. The molecule has 9 aliphatic rings. The van der Waals surface area contributed by atoms with Gasteiger partial charge in [-0.05, 0) is 124 Å². The van der Waals surface area contributed by atoms with Crippen LogP contribution in [0.5, 0.6) is 0 Å². The van der Waals surface area contributed by atoms with Crippen molar-refractivity contribution in [3.8, 4) is 0 Å². The quantitative estimate of drug-likeness (QED) is 0.285. The Morgan fingerprint density at radius 2 is 1.30 bits per heavy atom. The molecule has 0 aromatic rings. The summed E-state index contributed by atoms with van der Waals surface area (Å²) < 4.78 is 21.9. The standard InChI is InChI=1S/C41H61NO4/c1-6-13-29-35-37(39(2,3)40(4)36(29)28-18-11-12-19-30(28)42(40)5)41(46-38(35)43)44-31-22-20-24-14-7-9-16-26(24)33(31)34-27-17-10-8-15-25(27)21-23-32(34)45-41/h24-28,30-34H,6-23H2,1-5H3/t24?,25?,26?,27?,28?,30?,31?,32?,33?,34?,40-,41?/m1/s1. The van der Waals surface area contributed by atoms with Crippen molar-refractivity contribution in [2.45, 2.75) is 173 Å². The third-order valence-electron chi connectivity index (χ3n) is 16.3. The Hall–Kier alpha value is -1.17. The second-order valence-corrected chi connectivity index (χ2v) is 18.1. The van der Waals surface area contributed by atoms with Crippen LogP contribution in [0.1, 0.15) is 143 Å². The average Bonchev–Trinajstić information content (AvgIpc) is 3.41. The summed E-state index contributed by atoms with van der Waals surface area (Å²) in [6.07, 6.45) is 22.9. The largest absolute Gasteiger partial charge is 0.400 e. The first-order valence-corrected chi connectivity index (χ1v) is 20.0. The van der Waals surface area contributed by atoms with Crippen LogP contribution < -0.4 is 0 Å². The van der Waals surface area contributed by atoms with Crippen molar-refractivity contribution in [3.63, 3.8) is 0 Å². The summed E-state index contributed by atoms with van der Waals surface area (Å²) in [5, 5.41) is 0. The van der Waals surface area contributed by atoms with E-state index in [1.807, 2.05) is 0 Å². The fourth-order valence-electron chi connectivity index (χ4n) is 14.3. The Balaban J connectivity index is 1.21. The number of likely N-dealkylation sites (tertiary alicyclic amines) is 1. The molecule has 254 valence electrons. The molecule has 0 amide bonds. The highest BCUT2D eigenvalue weighted by atomic mass is 16.9. The molecule has 46 heavy (non-hydrogen) atoms. The molecule has 0 N–H and O–H groups in total. The monoisotopic (exact) mass is 631 g/mol. The molecule has 0 bridgehead atoms. The van der Waals surface area contributed by atoms with E-state index in [2.05, 4.69) is 39.6 Å². The molecule has 0 radical (unpaired) electrons. The van der Waals surface area contributed by atoms with Gasteiger partial charge in [0.2, 0.25) is 0 Å². The number of likely N-dealkylation sites (N-methyl/N-ethyl adjacent to an activating group) is 1. The molecule has 7 fully saturated rings. The number of nitrogens with zero attached hydrogens (tertiary/aromatic N) is 1. The summed E-state index contributed by atoms with van der Waals surface area (Å²) in [5.41, 5.74) is 4.14. The normalized spacial score (nSPS) is 49.6. The molecule has 9 rings (SSSR count). The van der Waals surface area contributed by atoms with Gasteiger partial charge in [0.05, 0.1) is 23.4 Å². The second kappa shape index (κ2) is 10.9. The summed E-state index contributed by atoms with van der Waals surface area (Å²) in [6, 6.07) is 0.541. The zero-order valence-electron chi connectivity index (χ0n) is 29.6. The summed E-state index contributed by atoms with van der Waals surface area (Å²) in [7, 11) is 2.38. The Labute approximate surface area is 278 Å². The summed E-state index contributed by atoms with van der Waals surface area (Å²) >= 11 is 0. The van der Waals surface area contributed by atoms with Crippen LogP contribution in [-0.4, -0.2) is 47.7 Å². The van der Waals surface area contributed by atoms with Gasteiger partial charge in [0.15, 0.2) is 0 Å². The van der Waals surface area contributed by atoms with Crippen molar-refractivity contribution in [3.05, 3.63) is 22.3 Å². The van der Waals surface area contributed by atoms with Crippen LogP contribution in [0, 0.1) is 46.8 Å². The van der Waals surface area contributed by atoms with Crippen molar-refractivity contribution < 1.29 is 19.0 Å². The molecule has 3 aliphatic heterocycles. The maximum atomic E-state index is 14.6. The van der Waals surface area contributed by atoms with Gasteiger partial charge in [-0.1, -0.05) is 78.6 Å². The Morgan fingerprint density at radius 1 is 0.739 bits per heavy atom. The molecule has 5 heteroatoms. The first-order chi connectivity index (χ1) is 22.2. The molecular weight excluding hydrogens is 570 g/mol. The minimum atomic E-state index is -1.40. The highest BCUT2D eigenvalue weighted by molar-refractivity contribution is 5.99. The highest BCUT2D eigenvalue weighted by Gasteiger charge is 2.71. The maximum absolute atomic E-state index is 14.6. The van der Waals surface area contributed by atoms with Crippen molar-refractivity contribution in [2.24, 2.45) is 46.8 Å². The highest BCUT2D eigenvalue weighted by Crippen LogP contribution is 2.68. The minimum absolute atomic E-state index is 0.0992. The molecule has 0 aromatic carbocycles. The van der Waals surface area contributed by atoms with Crippen LogP contribution in [0.15, 0.2) is 22.3 Å². The van der Waals surface area contributed by atoms with Crippen molar-refractivity contribution in [2.75, 3.05) is 7.05 Å². The molecular formula is C41H61NO4. The van der Waals surface area contributed by atoms with Crippen LogP contribution >= 0.6 is 0 Å². The van der Waals surface area contributed by atoms with Crippen molar-refractivity contribution in [1.82, 2.24) is 4.90 Å². The Morgan fingerprint density at radius 3 is 1.91 bits per heavy atom. The van der Waals surface area contributed by atoms with E-state index in [0.29, 0.717) is 23.8 Å².